The van der Waals surface area contributed by atoms with Gasteiger partial charge in [-0.1, -0.05) is 0 Å². The molecule has 1 saturated heterocycles. The second kappa shape index (κ2) is 9.18. The number of anilines is 2. The minimum absolute atomic E-state index is 0.0857. The van der Waals surface area contributed by atoms with Crippen LogP contribution in [-0.4, -0.2) is 68.5 Å². The van der Waals surface area contributed by atoms with E-state index in [1.54, 1.807) is 6.20 Å². The number of nitrogens with one attached hydrogen (secondary N) is 1. The van der Waals surface area contributed by atoms with Crippen LogP contribution in [0.4, 0.5) is 11.6 Å². The van der Waals surface area contributed by atoms with Gasteiger partial charge in [0.2, 0.25) is 5.95 Å². The fourth-order valence-corrected chi connectivity index (χ4v) is 4.67. The minimum atomic E-state index is 0.0857. The highest BCUT2D eigenvalue weighted by Crippen LogP contribution is 2.41. The summed E-state index contributed by atoms with van der Waals surface area (Å²) in [4.78, 5) is 30.9. The normalized spacial score (nSPS) is 18.2. The SMILES string of the molecule is CC(C)n1c(-c2ccnc(Nc3ccc(C(=O)N4CC[C@H](N(C)C)C4)cc3)n2)cnc1C1CC1. The van der Waals surface area contributed by atoms with E-state index in [1.807, 2.05) is 41.4 Å². The van der Waals surface area contributed by atoms with E-state index in [1.165, 1.54) is 12.8 Å². The highest BCUT2D eigenvalue weighted by atomic mass is 16.2. The van der Waals surface area contributed by atoms with Gasteiger partial charge in [0.1, 0.15) is 5.82 Å². The maximum atomic E-state index is 12.9. The molecule has 1 aliphatic carbocycles. The molecule has 8 nitrogen and oxygen atoms in total. The van der Waals surface area contributed by atoms with Crippen molar-refractivity contribution in [1.82, 2.24) is 29.3 Å². The van der Waals surface area contributed by atoms with Crippen LogP contribution in [0.3, 0.4) is 0 Å². The number of benzene rings is 1. The lowest BCUT2D eigenvalue weighted by Crippen LogP contribution is -2.34. The summed E-state index contributed by atoms with van der Waals surface area (Å²) in [6.45, 7) is 5.95. The van der Waals surface area contributed by atoms with Crippen molar-refractivity contribution < 1.29 is 4.79 Å². The monoisotopic (exact) mass is 459 g/mol. The van der Waals surface area contributed by atoms with Gasteiger partial charge in [0.05, 0.1) is 17.6 Å². The Labute approximate surface area is 201 Å². The number of hydrogen-bond acceptors (Lipinski definition) is 6. The molecule has 1 aromatic carbocycles. The Hall–Kier alpha value is -3.26. The Morgan fingerprint density at radius 2 is 1.85 bits per heavy atom. The molecule has 0 unspecified atom stereocenters. The number of hydrogen-bond donors (Lipinski definition) is 1. The minimum Gasteiger partial charge on any atom is -0.337 e. The predicted octanol–water partition coefficient (Wildman–Crippen LogP) is 4.32. The molecule has 8 heteroatoms. The van der Waals surface area contributed by atoms with Crippen LogP contribution in [0.15, 0.2) is 42.7 Å². The van der Waals surface area contributed by atoms with Crippen molar-refractivity contribution in [2.75, 3.05) is 32.5 Å². The number of carbonyl (C=O) groups excluding carboxylic acids is 1. The van der Waals surface area contributed by atoms with Crippen molar-refractivity contribution in [3.8, 4) is 11.4 Å². The van der Waals surface area contributed by atoms with Crippen LogP contribution < -0.4 is 5.32 Å². The number of imidazole rings is 1. The summed E-state index contributed by atoms with van der Waals surface area (Å²) in [5.74, 6) is 2.34. The van der Waals surface area contributed by atoms with Gasteiger partial charge < -0.3 is 19.7 Å². The van der Waals surface area contributed by atoms with Crippen LogP contribution in [0.25, 0.3) is 11.4 Å². The van der Waals surface area contributed by atoms with Gasteiger partial charge in [-0.05, 0) is 77.5 Å². The quantitative estimate of drug-likeness (QED) is 0.567. The number of likely N-dealkylation sites (tertiary alicyclic amines) is 1. The molecule has 0 spiro atoms. The molecular weight excluding hydrogens is 426 g/mol. The number of rotatable bonds is 7. The summed E-state index contributed by atoms with van der Waals surface area (Å²) >= 11 is 0. The smallest absolute Gasteiger partial charge is 0.253 e. The number of amides is 1. The molecule has 1 atom stereocenters. The molecule has 0 bridgehead atoms. The summed E-state index contributed by atoms with van der Waals surface area (Å²) < 4.78 is 2.30. The Morgan fingerprint density at radius 3 is 2.50 bits per heavy atom. The summed E-state index contributed by atoms with van der Waals surface area (Å²) in [7, 11) is 4.14. The third-order valence-corrected chi connectivity index (χ3v) is 6.77. The van der Waals surface area contributed by atoms with Crippen LogP contribution in [0.5, 0.6) is 0 Å². The zero-order valence-electron chi connectivity index (χ0n) is 20.4. The van der Waals surface area contributed by atoms with Crippen molar-refractivity contribution in [3.05, 3.63) is 54.1 Å². The predicted molar refractivity (Wildman–Crippen MR) is 133 cm³/mol. The standard InChI is InChI=1S/C26H33N7O/c1-17(2)33-23(15-28-24(33)18-5-6-18)22-11-13-27-26(30-22)29-20-9-7-19(8-10-20)25(34)32-14-12-21(16-32)31(3)4/h7-11,13,15,17-18,21H,5-6,12,14,16H2,1-4H3,(H,27,29,30)/t21-/m0/s1. The van der Waals surface area contributed by atoms with Crippen molar-refractivity contribution in [2.24, 2.45) is 0 Å². The second-order valence-corrected chi connectivity index (χ2v) is 9.86. The fourth-order valence-electron chi connectivity index (χ4n) is 4.67. The largest absolute Gasteiger partial charge is 0.337 e. The van der Waals surface area contributed by atoms with Gasteiger partial charge in [0.15, 0.2) is 0 Å². The molecule has 3 heterocycles. The average molecular weight is 460 g/mol. The highest BCUT2D eigenvalue weighted by molar-refractivity contribution is 5.94. The molecule has 2 fully saturated rings. The molecule has 2 aliphatic rings. The fraction of sp³-hybridized carbons (Fsp3) is 0.462. The summed E-state index contributed by atoms with van der Waals surface area (Å²) in [6, 6.07) is 10.2. The van der Waals surface area contributed by atoms with E-state index in [-0.39, 0.29) is 5.91 Å². The lowest BCUT2D eigenvalue weighted by Gasteiger charge is -2.20. The van der Waals surface area contributed by atoms with Crippen LogP contribution in [0.1, 0.15) is 61.3 Å². The Balaban J connectivity index is 1.30. The van der Waals surface area contributed by atoms with E-state index in [0.717, 1.165) is 42.4 Å². The number of nitrogens with zero attached hydrogens (tertiary/aromatic N) is 6. The van der Waals surface area contributed by atoms with Crippen molar-refractivity contribution in [1.29, 1.82) is 0 Å². The van der Waals surface area contributed by atoms with Crippen LogP contribution >= 0.6 is 0 Å². The van der Waals surface area contributed by atoms with Crippen LogP contribution in [0, 0.1) is 0 Å². The molecule has 3 aromatic rings. The van der Waals surface area contributed by atoms with Gasteiger partial charge in [-0.2, -0.15) is 0 Å². The molecule has 5 rings (SSSR count). The molecule has 1 saturated carbocycles. The van der Waals surface area contributed by atoms with Gasteiger partial charge >= 0.3 is 0 Å². The third kappa shape index (κ3) is 4.55. The van der Waals surface area contributed by atoms with Crippen LogP contribution in [-0.2, 0) is 0 Å². The van der Waals surface area contributed by atoms with Gasteiger partial charge in [-0.15, -0.1) is 0 Å². The summed E-state index contributed by atoms with van der Waals surface area (Å²) in [5, 5.41) is 3.28. The first-order valence-corrected chi connectivity index (χ1v) is 12.1. The molecule has 178 valence electrons. The molecule has 1 amide bonds. The summed E-state index contributed by atoms with van der Waals surface area (Å²) in [6.07, 6.45) is 7.15. The zero-order chi connectivity index (χ0) is 23.8. The first kappa shape index (κ1) is 22.5. The average Bonchev–Trinajstić information content (AvgIpc) is 3.37. The Kier molecular flexibility index (Phi) is 6.08. The van der Waals surface area contributed by atoms with E-state index in [2.05, 4.69) is 47.7 Å². The van der Waals surface area contributed by atoms with Crippen molar-refractivity contribution in [3.63, 3.8) is 0 Å². The van der Waals surface area contributed by atoms with E-state index in [4.69, 9.17) is 9.97 Å². The van der Waals surface area contributed by atoms with E-state index in [9.17, 15) is 4.79 Å². The number of aromatic nitrogens is 4. The maximum absolute atomic E-state index is 12.9. The molecular formula is C26H33N7O. The highest BCUT2D eigenvalue weighted by Gasteiger charge is 2.31. The molecule has 0 radical (unpaired) electrons. The Morgan fingerprint density at radius 1 is 1.09 bits per heavy atom. The van der Waals surface area contributed by atoms with Gasteiger partial charge in [0.25, 0.3) is 5.91 Å². The molecule has 1 aliphatic heterocycles. The lowest BCUT2D eigenvalue weighted by molar-refractivity contribution is 0.0783. The van der Waals surface area contributed by atoms with E-state index < -0.39 is 0 Å². The van der Waals surface area contributed by atoms with Gasteiger partial charge in [0, 0.05) is 48.5 Å². The second-order valence-electron chi connectivity index (χ2n) is 9.86. The van der Waals surface area contributed by atoms with Crippen molar-refractivity contribution >= 4 is 17.5 Å². The van der Waals surface area contributed by atoms with E-state index in [0.29, 0.717) is 29.5 Å². The number of carbonyl (C=O) groups is 1. The Bertz CT molecular complexity index is 1160. The maximum Gasteiger partial charge on any atom is 0.253 e. The molecule has 34 heavy (non-hydrogen) atoms. The third-order valence-electron chi connectivity index (χ3n) is 6.77. The van der Waals surface area contributed by atoms with Crippen LogP contribution in [0.2, 0.25) is 0 Å². The molecule has 1 N–H and O–H groups in total. The molecule has 2 aromatic heterocycles. The lowest BCUT2D eigenvalue weighted by atomic mass is 10.2. The number of likely N-dealkylation sites (N-methyl/N-ethyl adjacent to an activating group) is 1. The van der Waals surface area contributed by atoms with Gasteiger partial charge in [-0.25, -0.2) is 15.0 Å². The topological polar surface area (TPSA) is 79.2 Å². The first-order valence-electron chi connectivity index (χ1n) is 12.1. The van der Waals surface area contributed by atoms with E-state index >= 15 is 0 Å². The van der Waals surface area contributed by atoms with Gasteiger partial charge in [-0.3, -0.25) is 4.79 Å². The summed E-state index contributed by atoms with van der Waals surface area (Å²) in [5.41, 5.74) is 3.41. The first-order chi connectivity index (χ1) is 16.4. The van der Waals surface area contributed by atoms with Crippen molar-refractivity contribution in [2.45, 2.75) is 51.1 Å². The zero-order valence-corrected chi connectivity index (χ0v) is 20.4.